The number of allylic oxidation sites excluding steroid dienone is 1. The minimum absolute atomic E-state index is 0.182. The Balaban J connectivity index is 1.28. The Morgan fingerprint density at radius 3 is 2.33 bits per heavy atom. The van der Waals surface area contributed by atoms with E-state index in [0.29, 0.717) is 51.7 Å². The number of furan rings is 1. The first-order valence-corrected chi connectivity index (χ1v) is 12.4. The lowest BCUT2D eigenvalue weighted by Gasteiger charge is -2.07. The van der Waals surface area contributed by atoms with Crippen molar-refractivity contribution < 1.29 is 28.2 Å². The quantitative estimate of drug-likeness (QED) is 0.0873. The average molecular weight is 519 g/mol. The first-order valence-electron chi connectivity index (χ1n) is 12.4. The first kappa shape index (κ1) is 25.5. The molecule has 0 spiro atoms. The fraction of sp³-hybridized carbons (Fsp3) is 0.0909. The molecule has 0 amide bonds. The Hall–Kier alpha value is -5.10. The number of esters is 1. The minimum atomic E-state index is -0.554. The number of hydrogen-bond donors (Lipinski definition) is 0. The van der Waals surface area contributed by atoms with Crippen LogP contribution >= 0.6 is 0 Å². The van der Waals surface area contributed by atoms with Crippen LogP contribution in [-0.4, -0.2) is 18.9 Å². The van der Waals surface area contributed by atoms with Crippen molar-refractivity contribution in [3.05, 3.63) is 131 Å². The smallest absolute Gasteiger partial charge is 0.347 e. The second-order valence-corrected chi connectivity index (χ2v) is 8.82. The number of hydrogen-bond acceptors (Lipinski definition) is 6. The molecule has 0 N–H and O–H groups in total. The molecule has 0 radical (unpaired) electrons. The summed E-state index contributed by atoms with van der Waals surface area (Å²) in [6, 6.07) is 29.1. The molecule has 0 bridgehead atoms. The highest BCUT2D eigenvalue weighted by Gasteiger charge is 2.21. The van der Waals surface area contributed by atoms with Crippen molar-refractivity contribution in [1.29, 1.82) is 0 Å². The maximum absolute atomic E-state index is 13.1. The molecule has 5 rings (SSSR count). The van der Waals surface area contributed by atoms with Crippen LogP contribution in [0.3, 0.4) is 0 Å². The van der Waals surface area contributed by atoms with Crippen molar-refractivity contribution in [2.45, 2.75) is 13.5 Å². The molecule has 0 atom stereocenters. The average Bonchev–Trinajstić information content (AvgIpc) is 3.30. The van der Waals surface area contributed by atoms with E-state index in [4.69, 9.17) is 18.6 Å². The highest BCUT2D eigenvalue weighted by Crippen LogP contribution is 2.30. The topological polar surface area (TPSA) is 75.0 Å². The van der Waals surface area contributed by atoms with Gasteiger partial charge in [0, 0.05) is 16.5 Å². The molecule has 4 aromatic carbocycles. The Bertz CT molecular complexity index is 1650. The zero-order valence-corrected chi connectivity index (χ0v) is 21.5. The van der Waals surface area contributed by atoms with Gasteiger partial charge in [0.15, 0.2) is 5.78 Å². The number of carbonyl (C=O) groups is 2. The normalized spacial score (nSPS) is 11.0. The van der Waals surface area contributed by atoms with Gasteiger partial charge >= 0.3 is 5.97 Å². The summed E-state index contributed by atoms with van der Waals surface area (Å²) in [5.74, 6) is 1.32. The summed E-state index contributed by atoms with van der Waals surface area (Å²) >= 11 is 0. The molecule has 6 heteroatoms. The third-order valence-electron chi connectivity index (χ3n) is 6.19. The molecular weight excluding hydrogens is 492 g/mol. The van der Waals surface area contributed by atoms with E-state index in [1.54, 1.807) is 62.6 Å². The van der Waals surface area contributed by atoms with Crippen molar-refractivity contribution in [2.24, 2.45) is 0 Å². The molecule has 0 fully saturated rings. The lowest BCUT2D eigenvalue weighted by atomic mass is 10.1. The summed E-state index contributed by atoms with van der Waals surface area (Å²) in [5.41, 5.74) is 3.20. The fourth-order valence-electron chi connectivity index (χ4n) is 4.19. The van der Waals surface area contributed by atoms with Gasteiger partial charge in [0.2, 0.25) is 0 Å². The van der Waals surface area contributed by atoms with Crippen LogP contribution in [0, 0.1) is 6.92 Å². The van der Waals surface area contributed by atoms with Gasteiger partial charge in [-0.2, -0.15) is 0 Å². The first-order chi connectivity index (χ1) is 19.0. The molecule has 6 nitrogen and oxygen atoms in total. The number of methoxy groups -OCH3 is 1. The molecule has 0 unspecified atom stereocenters. The number of ketones is 1. The van der Waals surface area contributed by atoms with E-state index >= 15 is 0 Å². The van der Waals surface area contributed by atoms with Gasteiger partial charge in [-0.3, -0.25) is 4.79 Å². The third-order valence-corrected chi connectivity index (χ3v) is 6.19. The van der Waals surface area contributed by atoms with Gasteiger partial charge in [-0.15, -0.1) is 0 Å². The fourth-order valence-corrected chi connectivity index (χ4v) is 4.19. The van der Waals surface area contributed by atoms with E-state index in [9.17, 15) is 9.59 Å². The maximum atomic E-state index is 13.1. The predicted octanol–water partition coefficient (Wildman–Crippen LogP) is 7.44. The highest BCUT2D eigenvalue weighted by molar-refractivity contribution is 6.07. The number of rotatable bonds is 9. The summed E-state index contributed by atoms with van der Waals surface area (Å²) in [4.78, 5) is 25.8. The van der Waals surface area contributed by atoms with Crippen LogP contribution in [-0.2, 0) is 6.61 Å². The summed E-state index contributed by atoms with van der Waals surface area (Å²) in [6.45, 7) is 2.12. The monoisotopic (exact) mass is 518 g/mol. The van der Waals surface area contributed by atoms with Gasteiger partial charge in [0.05, 0.1) is 7.11 Å². The van der Waals surface area contributed by atoms with Crippen LogP contribution in [0.15, 0.2) is 108 Å². The van der Waals surface area contributed by atoms with Crippen LogP contribution in [0.25, 0.3) is 17.0 Å². The number of para-hydroxylation sites is 1. The molecule has 194 valence electrons. The number of fused-ring (bicyclic) bond motifs is 1. The molecule has 1 aromatic heterocycles. The van der Waals surface area contributed by atoms with Crippen LogP contribution < -0.4 is 14.2 Å². The second kappa shape index (κ2) is 11.5. The van der Waals surface area contributed by atoms with Gasteiger partial charge in [-0.05, 0) is 73.2 Å². The van der Waals surface area contributed by atoms with Crippen LogP contribution in [0.5, 0.6) is 17.2 Å². The second-order valence-electron chi connectivity index (χ2n) is 8.82. The SMILES string of the molecule is COc1ccccc1C=CC(=O)c1ccc(OC(=O)c2c(C)oc3ccc(OCc4ccccc4)cc23)cc1. The number of ether oxygens (including phenoxy) is 3. The van der Waals surface area contributed by atoms with Gasteiger partial charge < -0.3 is 18.6 Å². The van der Waals surface area contributed by atoms with E-state index in [2.05, 4.69) is 0 Å². The number of carbonyl (C=O) groups excluding carboxylic acids is 2. The molecule has 0 saturated carbocycles. The Morgan fingerprint density at radius 2 is 1.56 bits per heavy atom. The largest absolute Gasteiger partial charge is 0.496 e. The van der Waals surface area contributed by atoms with Crippen molar-refractivity contribution >= 4 is 28.8 Å². The lowest BCUT2D eigenvalue weighted by molar-refractivity contribution is 0.0734. The molecule has 1 heterocycles. The van der Waals surface area contributed by atoms with Crippen molar-refractivity contribution in [3.8, 4) is 17.2 Å². The van der Waals surface area contributed by atoms with Crippen LogP contribution in [0.1, 0.15) is 37.6 Å². The zero-order chi connectivity index (χ0) is 27.2. The standard InChI is InChI=1S/C33H26O6/c1-22-32(28-20-27(17-19-31(28)38-22)37-21-23-8-4-3-5-9-23)33(35)39-26-15-12-24(13-16-26)29(34)18-14-25-10-6-7-11-30(25)36-2/h3-20H,21H2,1-2H3. The van der Waals surface area contributed by atoms with Gasteiger partial charge in [-0.1, -0.05) is 48.5 Å². The van der Waals surface area contributed by atoms with E-state index in [-0.39, 0.29) is 5.78 Å². The molecule has 5 aromatic rings. The molecule has 0 saturated heterocycles. The van der Waals surface area contributed by atoms with Crippen molar-refractivity contribution in [3.63, 3.8) is 0 Å². The summed E-state index contributed by atoms with van der Waals surface area (Å²) in [5, 5.41) is 0.608. The van der Waals surface area contributed by atoms with Gasteiger partial charge in [-0.25, -0.2) is 4.79 Å². The van der Waals surface area contributed by atoms with Gasteiger partial charge in [0.25, 0.3) is 0 Å². The summed E-state index contributed by atoms with van der Waals surface area (Å²) < 4.78 is 22.6. The molecule has 0 aliphatic heterocycles. The van der Waals surface area contributed by atoms with E-state index in [0.717, 1.165) is 11.1 Å². The van der Waals surface area contributed by atoms with E-state index in [1.807, 2.05) is 54.6 Å². The highest BCUT2D eigenvalue weighted by atomic mass is 16.5. The molecule has 0 aliphatic carbocycles. The Morgan fingerprint density at radius 1 is 0.846 bits per heavy atom. The predicted molar refractivity (Wildman–Crippen MR) is 149 cm³/mol. The minimum Gasteiger partial charge on any atom is -0.496 e. The Labute approximate surface area is 226 Å². The van der Waals surface area contributed by atoms with Gasteiger partial charge in [0.1, 0.15) is 40.8 Å². The molecule has 0 aliphatic rings. The summed E-state index contributed by atoms with van der Waals surface area (Å²) in [6.07, 6.45) is 3.19. The van der Waals surface area contributed by atoms with Crippen molar-refractivity contribution in [1.82, 2.24) is 0 Å². The lowest BCUT2D eigenvalue weighted by Crippen LogP contribution is -2.09. The van der Waals surface area contributed by atoms with Crippen LogP contribution in [0.4, 0.5) is 0 Å². The summed E-state index contributed by atoms with van der Waals surface area (Å²) in [7, 11) is 1.58. The van der Waals surface area contributed by atoms with E-state index < -0.39 is 5.97 Å². The number of aryl methyl sites for hydroxylation is 1. The number of benzene rings is 4. The Kier molecular flexibility index (Phi) is 7.55. The van der Waals surface area contributed by atoms with Crippen molar-refractivity contribution in [2.75, 3.05) is 7.11 Å². The molecule has 39 heavy (non-hydrogen) atoms. The molecular formula is C33H26O6. The van der Waals surface area contributed by atoms with Crippen LogP contribution in [0.2, 0.25) is 0 Å². The third kappa shape index (κ3) is 5.91. The zero-order valence-electron chi connectivity index (χ0n) is 21.5. The maximum Gasteiger partial charge on any atom is 0.347 e. The van der Waals surface area contributed by atoms with E-state index in [1.165, 1.54) is 6.08 Å².